The van der Waals surface area contributed by atoms with Gasteiger partial charge in [-0.3, -0.25) is 0 Å². The zero-order chi connectivity index (χ0) is 15.2. The molecule has 0 unspecified atom stereocenters. The predicted octanol–water partition coefficient (Wildman–Crippen LogP) is 2.67. The molecule has 0 aliphatic carbocycles. The minimum absolute atomic E-state index is 0.722. The quantitative estimate of drug-likeness (QED) is 0.798. The summed E-state index contributed by atoms with van der Waals surface area (Å²) in [4.78, 5) is 5.06. The Hall–Kier alpha value is -0.120. The van der Waals surface area contributed by atoms with Crippen molar-refractivity contribution < 1.29 is 0 Å². The Kier molecular flexibility index (Phi) is 7.49. The molecule has 0 aromatic rings. The molecule has 3 heteroatoms. The molecular formula is C17H37N3. The lowest BCUT2D eigenvalue weighted by molar-refractivity contribution is -0.0370. The van der Waals surface area contributed by atoms with Gasteiger partial charge in [0.1, 0.15) is 0 Å². The average Bonchev–Trinajstić information content (AvgIpc) is 2.38. The second-order valence-corrected chi connectivity index (χ2v) is 7.07. The van der Waals surface area contributed by atoms with Crippen molar-refractivity contribution in [1.82, 2.24) is 15.1 Å². The van der Waals surface area contributed by atoms with Crippen molar-refractivity contribution in [1.29, 1.82) is 0 Å². The first kappa shape index (κ1) is 17.9. The van der Waals surface area contributed by atoms with Crippen LogP contribution in [-0.4, -0.2) is 62.2 Å². The van der Waals surface area contributed by atoms with Gasteiger partial charge in [-0.1, -0.05) is 20.8 Å². The van der Waals surface area contributed by atoms with E-state index in [9.17, 15) is 0 Å². The Morgan fingerprint density at radius 1 is 1.05 bits per heavy atom. The van der Waals surface area contributed by atoms with Gasteiger partial charge in [0.25, 0.3) is 0 Å². The van der Waals surface area contributed by atoms with Crippen molar-refractivity contribution in [3.8, 4) is 0 Å². The van der Waals surface area contributed by atoms with Crippen LogP contribution in [0.3, 0.4) is 0 Å². The van der Waals surface area contributed by atoms with Crippen LogP contribution in [0, 0.1) is 11.3 Å². The van der Waals surface area contributed by atoms with Gasteiger partial charge in [0.15, 0.2) is 0 Å². The number of rotatable bonds is 1. The predicted molar refractivity (Wildman–Crippen MR) is 89.3 cm³/mol. The number of nitrogens with zero attached hydrogens (tertiary/aromatic N) is 2. The van der Waals surface area contributed by atoms with Crippen LogP contribution in [0.2, 0.25) is 0 Å². The number of nitrogens with one attached hydrogen (secondary N) is 1. The molecule has 20 heavy (non-hydrogen) atoms. The molecule has 0 atom stereocenters. The van der Waals surface area contributed by atoms with E-state index in [0.717, 1.165) is 17.4 Å². The minimum Gasteiger partial charge on any atom is -0.316 e. The maximum absolute atomic E-state index is 3.16. The first-order chi connectivity index (χ1) is 9.51. The summed E-state index contributed by atoms with van der Waals surface area (Å²) >= 11 is 0. The van der Waals surface area contributed by atoms with Crippen molar-refractivity contribution >= 4 is 0 Å². The lowest BCUT2D eigenvalue weighted by Gasteiger charge is -2.53. The third-order valence-electron chi connectivity index (χ3n) is 4.79. The average molecular weight is 284 g/mol. The van der Waals surface area contributed by atoms with Crippen molar-refractivity contribution in [2.75, 3.05) is 46.3 Å². The van der Waals surface area contributed by atoms with Crippen molar-refractivity contribution in [2.45, 2.75) is 53.5 Å². The van der Waals surface area contributed by atoms with E-state index in [-0.39, 0.29) is 0 Å². The fourth-order valence-electron chi connectivity index (χ4n) is 3.36. The van der Waals surface area contributed by atoms with E-state index in [1.54, 1.807) is 0 Å². The summed E-state index contributed by atoms with van der Waals surface area (Å²) in [6.45, 7) is 18.7. The van der Waals surface area contributed by atoms with Gasteiger partial charge in [-0.05, 0) is 71.2 Å². The van der Waals surface area contributed by atoms with E-state index >= 15 is 0 Å². The van der Waals surface area contributed by atoms with Gasteiger partial charge in [-0.25, -0.2) is 0 Å². The molecule has 3 fully saturated rings. The maximum atomic E-state index is 3.16. The summed E-state index contributed by atoms with van der Waals surface area (Å²) in [5.74, 6) is 0.954. The number of likely N-dealkylation sites (tertiary alicyclic amines) is 2. The molecule has 0 amide bonds. The van der Waals surface area contributed by atoms with Gasteiger partial charge in [-0.15, -0.1) is 0 Å². The first-order valence-electron chi connectivity index (χ1n) is 8.64. The van der Waals surface area contributed by atoms with E-state index in [4.69, 9.17) is 0 Å². The summed E-state index contributed by atoms with van der Waals surface area (Å²) in [6, 6.07) is 0.746. The Morgan fingerprint density at radius 3 is 1.75 bits per heavy atom. The largest absolute Gasteiger partial charge is 0.316 e. The van der Waals surface area contributed by atoms with Gasteiger partial charge in [-0.2, -0.15) is 0 Å². The molecular weight excluding hydrogens is 246 g/mol. The molecule has 3 saturated heterocycles. The fourth-order valence-corrected chi connectivity index (χ4v) is 3.36. The van der Waals surface area contributed by atoms with Crippen LogP contribution in [0.1, 0.15) is 47.5 Å². The molecule has 120 valence electrons. The van der Waals surface area contributed by atoms with E-state index in [0.29, 0.717) is 0 Å². The van der Waals surface area contributed by atoms with Gasteiger partial charge in [0, 0.05) is 19.1 Å². The highest BCUT2D eigenvalue weighted by atomic mass is 15.2. The van der Waals surface area contributed by atoms with Gasteiger partial charge in [0.2, 0.25) is 0 Å². The zero-order valence-electron chi connectivity index (χ0n) is 14.7. The van der Waals surface area contributed by atoms with Crippen LogP contribution in [0.15, 0.2) is 0 Å². The second kappa shape index (κ2) is 8.35. The van der Waals surface area contributed by atoms with Crippen LogP contribution in [0.5, 0.6) is 0 Å². The molecule has 3 aliphatic heterocycles. The molecule has 1 N–H and O–H groups in total. The number of piperidine rings is 1. The van der Waals surface area contributed by atoms with Crippen molar-refractivity contribution in [3.05, 3.63) is 0 Å². The second-order valence-electron chi connectivity index (χ2n) is 7.07. The highest BCUT2D eigenvalue weighted by molar-refractivity contribution is 4.97. The summed E-state index contributed by atoms with van der Waals surface area (Å²) in [5, 5.41) is 3.16. The molecule has 0 saturated carbocycles. The Labute approximate surface area is 127 Å². The molecule has 3 heterocycles. The molecule has 0 bridgehead atoms. The molecule has 1 spiro atoms. The van der Waals surface area contributed by atoms with E-state index in [1.165, 1.54) is 52.1 Å². The Balaban J connectivity index is 0.000000239. The van der Waals surface area contributed by atoms with E-state index < -0.39 is 0 Å². The smallest absolute Gasteiger partial charge is 0.00484 e. The Morgan fingerprint density at radius 2 is 1.50 bits per heavy atom. The summed E-state index contributed by atoms with van der Waals surface area (Å²) < 4.78 is 0. The molecule has 3 rings (SSSR count). The van der Waals surface area contributed by atoms with Gasteiger partial charge in [0.05, 0.1) is 0 Å². The lowest BCUT2D eigenvalue weighted by Crippen LogP contribution is -2.59. The number of hydrogen-bond acceptors (Lipinski definition) is 3. The Bertz CT molecular complexity index is 245. The van der Waals surface area contributed by atoms with Crippen LogP contribution in [0.25, 0.3) is 0 Å². The summed E-state index contributed by atoms with van der Waals surface area (Å²) in [7, 11) is 2.24. The van der Waals surface area contributed by atoms with Crippen LogP contribution in [-0.2, 0) is 0 Å². The number of hydrogen-bond donors (Lipinski definition) is 1. The normalized spacial score (nSPS) is 25.9. The van der Waals surface area contributed by atoms with Crippen molar-refractivity contribution in [2.24, 2.45) is 11.3 Å². The highest BCUT2D eigenvalue weighted by Crippen LogP contribution is 2.39. The van der Waals surface area contributed by atoms with Crippen molar-refractivity contribution in [3.63, 3.8) is 0 Å². The standard InChI is InChI=1S/C11H22N2.C4H9N.C2H6/c1-10(2)13-6-4-11(5-7-13)8-12(3)9-11;1-4-2-5-3-4;1-2/h10H,4-9H2,1-3H3;4-5H,2-3H2,1H3;1-2H3. The highest BCUT2D eigenvalue weighted by Gasteiger charge is 2.43. The van der Waals surface area contributed by atoms with Crippen LogP contribution < -0.4 is 5.32 Å². The fraction of sp³-hybridized carbons (Fsp3) is 1.00. The third-order valence-corrected chi connectivity index (χ3v) is 4.79. The first-order valence-corrected chi connectivity index (χ1v) is 8.64. The summed E-state index contributed by atoms with van der Waals surface area (Å²) in [6.07, 6.45) is 2.85. The molecule has 3 nitrogen and oxygen atoms in total. The maximum Gasteiger partial charge on any atom is 0.00484 e. The minimum atomic E-state index is 0.722. The molecule has 0 radical (unpaired) electrons. The molecule has 0 aromatic heterocycles. The topological polar surface area (TPSA) is 18.5 Å². The van der Waals surface area contributed by atoms with Gasteiger partial charge < -0.3 is 15.1 Å². The van der Waals surface area contributed by atoms with Crippen LogP contribution >= 0.6 is 0 Å². The molecule has 0 aromatic carbocycles. The van der Waals surface area contributed by atoms with E-state index in [1.807, 2.05) is 13.8 Å². The monoisotopic (exact) mass is 283 g/mol. The van der Waals surface area contributed by atoms with Gasteiger partial charge >= 0.3 is 0 Å². The van der Waals surface area contributed by atoms with E-state index in [2.05, 4.69) is 42.9 Å². The third kappa shape index (κ3) is 5.01. The zero-order valence-corrected chi connectivity index (χ0v) is 14.7. The summed E-state index contributed by atoms with van der Waals surface area (Å²) in [5.41, 5.74) is 0.722. The SMILES string of the molecule is CC.CC(C)N1CCC2(CC1)CN(C)C2.CC1CNC1. The van der Waals surface area contributed by atoms with Crippen LogP contribution in [0.4, 0.5) is 0 Å². The lowest BCUT2D eigenvalue weighted by atomic mass is 9.72. The molecule has 3 aliphatic rings.